The molecule has 1 saturated heterocycles. The predicted octanol–water partition coefficient (Wildman–Crippen LogP) is 7.65. The van der Waals surface area contributed by atoms with Crippen molar-refractivity contribution in [3.05, 3.63) is 76.7 Å². The van der Waals surface area contributed by atoms with Gasteiger partial charge >= 0.3 is 0 Å². The molecule has 2 saturated carbocycles. The van der Waals surface area contributed by atoms with Crippen molar-refractivity contribution in [2.24, 2.45) is 10.8 Å². The molecule has 0 spiro atoms. The Balaban J connectivity index is 0.745. The van der Waals surface area contributed by atoms with Gasteiger partial charge in [-0.15, -0.1) is 0 Å². The zero-order valence-corrected chi connectivity index (χ0v) is 41.6. The highest BCUT2D eigenvalue weighted by molar-refractivity contribution is 6.31. The monoisotopic (exact) mass is 963 g/mol. The molecule has 18 heteroatoms. The molecule has 17 nitrogen and oxygen atoms in total. The fraction of sp³-hybridized carbons (Fsp3) is 0.549. The van der Waals surface area contributed by atoms with Gasteiger partial charge in [-0.25, -0.2) is 15.0 Å². The summed E-state index contributed by atoms with van der Waals surface area (Å²) >= 11 is 6.25. The van der Waals surface area contributed by atoms with Crippen LogP contribution in [0, 0.1) is 22.2 Å². The summed E-state index contributed by atoms with van der Waals surface area (Å²) in [5, 5.41) is 30.3. The number of aliphatic hydroxyl groups excluding tert-OH is 1. The minimum absolute atomic E-state index is 0.0721. The summed E-state index contributed by atoms with van der Waals surface area (Å²) in [6.45, 7) is 12.9. The highest BCUT2D eigenvalue weighted by Gasteiger charge is 2.64. The van der Waals surface area contributed by atoms with Crippen LogP contribution in [0.5, 0.6) is 11.5 Å². The topological polar surface area (TPSA) is 203 Å². The number of nitrogens with one attached hydrogen (secondary N) is 3. The van der Waals surface area contributed by atoms with Gasteiger partial charge in [-0.2, -0.15) is 10.2 Å². The maximum absolute atomic E-state index is 13.4. The molecule has 3 fully saturated rings. The summed E-state index contributed by atoms with van der Waals surface area (Å²) in [6.07, 6.45) is 12.7. The van der Waals surface area contributed by atoms with Gasteiger partial charge in [-0.05, 0) is 75.3 Å². The molecular formula is C51H66ClN11O6. The van der Waals surface area contributed by atoms with E-state index < -0.39 is 17.1 Å². The quantitative estimate of drug-likeness (QED) is 0.0751. The first kappa shape index (κ1) is 49.5. The Bertz CT molecular complexity index is 2490. The molecule has 4 N–H and O–H groups in total. The second-order valence-electron chi connectivity index (χ2n) is 19.9. The van der Waals surface area contributed by atoms with Crippen LogP contribution in [0.2, 0.25) is 5.02 Å². The number of nitrogens with zero attached hydrogens (tertiary/aromatic N) is 8. The Labute approximate surface area is 410 Å². The molecule has 2 aliphatic heterocycles. The number of piperidine rings is 1. The highest BCUT2D eigenvalue weighted by atomic mass is 35.5. The van der Waals surface area contributed by atoms with Crippen LogP contribution in [0.3, 0.4) is 0 Å². The van der Waals surface area contributed by atoms with E-state index in [4.69, 9.17) is 30.8 Å². The molecule has 69 heavy (non-hydrogen) atoms. The number of aromatic nitrogens is 4. The molecule has 4 heterocycles. The summed E-state index contributed by atoms with van der Waals surface area (Å²) in [7, 11) is 3.45. The molecular weight excluding hydrogens is 898 g/mol. The van der Waals surface area contributed by atoms with Gasteiger partial charge in [0.1, 0.15) is 35.6 Å². The zero-order chi connectivity index (χ0) is 49.0. The van der Waals surface area contributed by atoms with Crippen molar-refractivity contribution in [2.45, 2.75) is 129 Å². The number of ether oxygens (including phenoxy) is 3. The SMILES string of the molecule is CC[C@@H]1C(O)N(C)c2cnc(Nc3ccc(C(=O)NCCCCOC4CCN(c5ncc(C(=O)N[C@H]6C(C)(C)[C@H](Oc7ccc(C#N)c(Cl)c7)C6(C)C)cn5)CC4)cc3OC)nc2N1C1CCCC1. The first-order valence-electron chi connectivity index (χ1n) is 24.3. The number of anilines is 5. The van der Waals surface area contributed by atoms with E-state index in [0.717, 1.165) is 69.5 Å². The largest absolute Gasteiger partial charge is 0.495 e. The van der Waals surface area contributed by atoms with E-state index in [1.807, 2.05) is 11.9 Å². The number of likely N-dealkylation sites (N-methyl/N-ethyl adjacent to an activating group) is 1. The van der Waals surface area contributed by atoms with Crippen LogP contribution in [-0.2, 0) is 4.74 Å². The van der Waals surface area contributed by atoms with Crippen LogP contribution in [0.25, 0.3) is 0 Å². The molecule has 368 valence electrons. The van der Waals surface area contributed by atoms with Crippen LogP contribution in [0.4, 0.5) is 29.1 Å². The van der Waals surface area contributed by atoms with Crippen LogP contribution >= 0.6 is 11.6 Å². The molecule has 0 radical (unpaired) electrons. The lowest BCUT2D eigenvalue weighted by atomic mass is 9.49. The van der Waals surface area contributed by atoms with E-state index in [-0.39, 0.29) is 36.1 Å². The first-order valence-corrected chi connectivity index (χ1v) is 24.7. The van der Waals surface area contributed by atoms with E-state index in [1.54, 1.807) is 62.1 Å². The number of hydrogen-bond donors (Lipinski definition) is 4. The van der Waals surface area contributed by atoms with Gasteiger partial charge in [-0.1, -0.05) is 59.1 Å². The van der Waals surface area contributed by atoms with Gasteiger partial charge in [0.2, 0.25) is 11.9 Å². The van der Waals surface area contributed by atoms with E-state index in [1.165, 1.54) is 12.8 Å². The number of halogens is 1. The van der Waals surface area contributed by atoms with Crippen molar-refractivity contribution in [2.75, 3.05) is 60.4 Å². The standard InChI is InChI=1S/C51H66ClN11O6/c1-8-39-45(66)61(6)40-30-55-48(59-42(40)63(39)34-13-9-10-14-34)58-38-18-16-31(25-41(38)67-7)43(64)54-21-11-12-24-68-35-19-22-62(23-20-35)49-56-28-33(29-57-49)44(65)60-46-50(2,3)47(51(46,4)5)69-36-17-15-32(27-53)37(52)26-36/h15-18,25-26,28-30,34-35,39,45-47,66H,8-14,19-24H2,1-7H3,(H,54,64)(H,60,65)(H,55,58,59)/t39-,45?,46-,47-/m1/s1. The summed E-state index contributed by atoms with van der Waals surface area (Å²) in [4.78, 5) is 51.6. The smallest absolute Gasteiger partial charge is 0.254 e. The molecule has 2 amide bonds. The second kappa shape index (κ2) is 21.0. The third-order valence-corrected chi connectivity index (χ3v) is 14.9. The molecule has 8 rings (SSSR count). The number of amides is 2. The van der Waals surface area contributed by atoms with Crippen molar-refractivity contribution in [3.8, 4) is 17.6 Å². The Morgan fingerprint density at radius 2 is 1.67 bits per heavy atom. The fourth-order valence-electron chi connectivity index (χ4n) is 11.1. The summed E-state index contributed by atoms with van der Waals surface area (Å²) < 4.78 is 18.3. The van der Waals surface area contributed by atoms with Crippen LogP contribution in [0.1, 0.15) is 119 Å². The number of rotatable bonds is 17. The van der Waals surface area contributed by atoms with Crippen LogP contribution < -0.4 is 40.1 Å². The molecule has 4 aliphatic rings. The van der Waals surface area contributed by atoms with E-state index in [9.17, 15) is 20.0 Å². The van der Waals surface area contributed by atoms with Crippen molar-refractivity contribution in [1.82, 2.24) is 30.6 Å². The highest BCUT2D eigenvalue weighted by Crippen LogP contribution is 2.55. The summed E-state index contributed by atoms with van der Waals surface area (Å²) in [6, 6.07) is 12.5. The Morgan fingerprint density at radius 1 is 0.942 bits per heavy atom. The molecule has 2 aromatic heterocycles. The number of carbonyl (C=O) groups excluding carboxylic acids is 2. The molecule has 2 atom stereocenters. The minimum Gasteiger partial charge on any atom is -0.495 e. The number of carbonyl (C=O) groups is 2. The Morgan fingerprint density at radius 3 is 2.33 bits per heavy atom. The molecule has 0 bridgehead atoms. The van der Waals surface area contributed by atoms with E-state index >= 15 is 0 Å². The van der Waals surface area contributed by atoms with Crippen molar-refractivity contribution in [3.63, 3.8) is 0 Å². The van der Waals surface area contributed by atoms with Gasteiger partial charge in [0, 0.05) is 80.2 Å². The number of aliphatic hydroxyl groups is 1. The van der Waals surface area contributed by atoms with Crippen LogP contribution in [-0.4, -0.2) is 114 Å². The second-order valence-corrected chi connectivity index (χ2v) is 20.3. The van der Waals surface area contributed by atoms with E-state index in [0.29, 0.717) is 70.0 Å². The lowest BCUT2D eigenvalue weighted by Gasteiger charge is -2.63. The molecule has 1 unspecified atom stereocenters. The average molecular weight is 965 g/mol. The average Bonchev–Trinajstić information content (AvgIpc) is 3.89. The third-order valence-electron chi connectivity index (χ3n) is 14.6. The van der Waals surface area contributed by atoms with Crippen molar-refractivity contribution < 1.29 is 28.9 Å². The Kier molecular flexibility index (Phi) is 15.0. The number of nitriles is 1. The molecule has 4 aromatic rings. The molecule has 2 aliphatic carbocycles. The van der Waals surface area contributed by atoms with Gasteiger partial charge in [0.15, 0.2) is 5.82 Å². The number of hydrogen-bond acceptors (Lipinski definition) is 15. The number of methoxy groups -OCH3 is 1. The normalized spacial score (nSPS) is 22.0. The van der Waals surface area contributed by atoms with Gasteiger partial charge in [-0.3, -0.25) is 9.59 Å². The van der Waals surface area contributed by atoms with Gasteiger partial charge in [0.25, 0.3) is 11.8 Å². The van der Waals surface area contributed by atoms with Crippen molar-refractivity contribution in [1.29, 1.82) is 5.26 Å². The predicted molar refractivity (Wildman–Crippen MR) is 266 cm³/mol. The lowest BCUT2D eigenvalue weighted by molar-refractivity contribution is -0.164. The zero-order valence-electron chi connectivity index (χ0n) is 40.8. The first-order chi connectivity index (χ1) is 33.1. The Hall–Kier alpha value is -5.96. The number of fused-ring (bicyclic) bond motifs is 1. The maximum Gasteiger partial charge on any atom is 0.254 e. The van der Waals surface area contributed by atoms with E-state index in [2.05, 4.69) is 81.4 Å². The number of unbranched alkanes of at least 4 members (excludes halogenated alkanes) is 1. The van der Waals surface area contributed by atoms with Gasteiger partial charge in [0.05, 0.1) is 47.3 Å². The third kappa shape index (κ3) is 10.3. The number of benzene rings is 2. The van der Waals surface area contributed by atoms with Gasteiger partial charge < -0.3 is 50.0 Å². The van der Waals surface area contributed by atoms with Crippen molar-refractivity contribution >= 4 is 52.5 Å². The maximum atomic E-state index is 13.4. The summed E-state index contributed by atoms with van der Waals surface area (Å²) in [5.74, 6) is 2.45. The minimum atomic E-state index is -0.645. The summed E-state index contributed by atoms with van der Waals surface area (Å²) in [5.41, 5.74) is 1.91. The fourth-order valence-corrected chi connectivity index (χ4v) is 11.3. The lowest BCUT2D eigenvalue weighted by Crippen LogP contribution is -2.74. The van der Waals surface area contributed by atoms with Crippen LogP contribution in [0.15, 0.2) is 55.0 Å². The molecule has 2 aromatic carbocycles.